The number of sulfone groups is 1. The number of nitrogens with one attached hydrogen (secondary N) is 2. The highest BCUT2D eigenvalue weighted by molar-refractivity contribution is 7.91. The summed E-state index contributed by atoms with van der Waals surface area (Å²) in [6.07, 6.45) is 0.366. The number of carbonyl (C=O) groups excluding carboxylic acids is 3. The van der Waals surface area contributed by atoms with E-state index in [0.29, 0.717) is 17.7 Å². The van der Waals surface area contributed by atoms with Gasteiger partial charge in [0.1, 0.15) is 0 Å². The first-order valence-corrected chi connectivity index (χ1v) is 10.0. The fourth-order valence-electron chi connectivity index (χ4n) is 4.13. The topological polar surface area (TPSA) is 109 Å². The average molecular weight is 362 g/mol. The summed E-state index contributed by atoms with van der Waals surface area (Å²) in [4.78, 5) is 38.0. The van der Waals surface area contributed by atoms with E-state index in [9.17, 15) is 22.8 Å². The van der Waals surface area contributed by atoms with Crippen LogP contribution in [0.2, 0.25) is 0 Å². The van der Waals surface area contributed by atoms with Crippen LogP contribution in [0.15, 0.2) is 24.3 Å². The van der Waals surface area contributed by atoms with Crippen LogP contribution in [0.25, 0.3) is 0 Å². The first-order chi connectivity index (χ1) is 11.7. The number of amides is 2. The Balaban J connectivity index is 1.59. The van der Waals surface area contributed by atoms with Crippen molar-refractivity contribution in [1.29, 1.82) is 0 Å². The van der Waals surface area contributed by atoms with Crippen molar-refractivity contribution in [2.45, 2.75) is 19.4 Å². The average Bonchev–Trinajstić information content (AvgIpc) is 3.08. The zero-order valence-corrected chi connectivity index (χ0v) is 14.4. The van der Waals surface area contributed by atoms with E-state index in [1.807, 2.05) is 0 Å². The minimum atomic E-state index is -3.12. The minimum absolute atomic E-state index is 0.0517. The Bertz CT molecular complexity index is 909. The quantitative estimate of drug-likeness (QED) is 0.790. The smallest absolute Gasteiger partial charge is 0.229 e. The zero-order chi connectivity index (χ0) is 18.0. The molecule has 4 rings (SSSR count). The number of carbonyl (C=O) groups is 3. The normalized spacial score (nSPS) is 35.2. The van der Waals surface area contributed by atoms with Crippen molar-refractivity contribution in [3.63, 3.8) is 0 Å². The van der Waals surface area contributed by atoms with Gasteiger partial charge in [0, 0.05) is 11.6 Å². The van der Waals surface area contributed by atoms with Crippen LogP contribution < -0.4 is 10.6 Å². The van der Waals surface area contributed by atoms with Crippen molar-refractivity contribution < 1.29 is 22.8 Å². The summed E-state index contributed by atoms with van der Waals surface area (Å²) in [6.45, 7) is 1.64. The number of fused-ring (bicyclic) bond motifs is 2. The van der Waals surface area contributed by atoms with E-state index in [-0.39, 0.29) is 23.2 Å². The van der Waals surface area contributed by atoms with Gasteiger partial charge in [-0.1, -0.05) is 19.1 Å². The molecule has 2 amide bonds. The Morgan fingerprint density at radius 3 is 2.68 bits per heavy atom. The van der Waals surface area contributed by atoms with Gasteiger partial charge >= 0.3 is 0 Å². The summed E-state index contributed by atoms with van der Waals surface area (Å²) in [5, 5.41) is 5.44. The second kappa shape index (κ2) is 5.14. The lowest BCUT2D eigenvalue weighted by atomic mass is 9.92. The van der Waals surface area contributed by atoms with E-state index < -0.39 is 39.0 Å². The number of benzene rings is 1. The van der Waals surface area contributed by atoms with Crippen LogP contribution in [-0.2, 0) is 19.4 Å². The number of anilines is 1. The third-order valence-electron chi connectivity index (χ3n) is 5.58. The van der Waals surface area contributed by atoms with Crippen LogP contribution in [0.3, 0.4) is 0 Å². The highest BCUT2D eigenvalue weighted by atomic mass is 32.2. The van der Waals surface area contributed by atoms with Crippen LogP contribution in [0, 0.1) is 17.3 Å². The van der Waals surface area contributed by atoms with Gasteiger partial charge in [-0.2, -0.15) is 0 Å². The van der Waals surface area contributed by atoms with Gasteiger partial charge in [0.05, 0.1) is 34.4 Å². The molecule has 2 N–H and O–H groups in total. The number of rotatable bonds is 2. The summed E-state index contributed by atoms with van der Waals surface area (Å²) in [6, 6.07) is 6.31. The van der Waals surface area contributed by atoms with Crippen molar-refractivity contribution in [2.75, 3.05) is 16.8 Å². The summed E-state index contributed by atoms with van der Waals surface area (Å²) in [7, 11) is -3.12. The van der Waals surface area contributed by atoms with Gasteiger partial charge in [-0.3, -0.25) is 14.4 Å². The van der Waals surface area contributed by atoms with E-state index in [1.54, 1.807) is 31.2 Å². The fraction of sp³-hybridized carbons (Fsp3) is 0.471. The number of para-hydroxylation sites is 1. The summed E-state index contributed by atoms with van der Waals surface area (Å²) < 4.78 is 23.1. The second-order valence-corrected chi connectivity index (χ2v) is 9.44. The molecule has 132 valence electrons. The maximum absolute atomic E-state index is 12.9. The highest BCUT2D eigenvalue weighted by Gasteiger charge is 2.73. The summed E-state index contributed by atoms with van der Waals surface area (Å²) >= 11 is 0. The Kier molecular flexibility index (Phi) is 3.34. The van der Waals surface area contributed by atoms with Crippen molar-refractivity contribution in [3.8, 4) is 0 Å². The Morgan fingerprint density at radius 2 is 2.00 bits per heavy atom. The zero-order valence-electron chi connectivity index (χ0n) is 13.6. The Labute approximate surface area is 145 Å². The number of hydrogen-bond acceptors (Lipinski definition) is 5. The van der Waals surface area contributed by atoms with Crippen molar-refractivity contribution >= 4 is 33.1 Å². The van der Waals surface area contributed by atoms with Crippen LogP contribution in [0.5, 0.6) is 0 Å². The van der Waals surface area contributed by atoms with Crippen LogP contribution in [0.1, 0.15) is 23.7 Å². The van der Waals surface area contributed by atoms with Crippen molar-refractivity contribution in [3.05, 3.63) is 29.8 Å². The minimum Gasteiger partial charge on any atom is -0.352 e. The molecule has 1 saturated carbocycles. The van der Waals surface area contributed by atoms with E-state index in [1.165, 1.54) is 0 Å². The van der Waals surface area contributed by atoms with Gasteiger partial charge in [0.2, 0.25) is 11.8 Å². The largest absolute Gasteiger partial charge is 0.352 e. The molecule has 2 heterocycles. The monoisotopic (exact) mass is 362 g/mol. The Morgan fingerprint density at radius 1 is 1.28 bits per heavy atom. The summed E-state index contributed by atoms with van der Waals surface area (Å²) in [5.41, 5.74) is -0.218. The molecule has 3 aliphatic rings. The Hall–Kier alpha value is -2.22. The predicted molar refractivity (Wildman–Crippen MR) is 89.7 cm³/mol. The van der Waals surface area contributed by atoms with Crippen LogP contribution in [0.4, 0.5) is 5.69 Å². The lowest BCUT2D eigenvalue weighted by molar-refractivity contribution is -0.125. The van der Waals surface area contributed by atoms with Crippen molar-refractivity contribution in [1.82, 2.24) is 5.32 Å². The molecule has 0 radical (unpaired) electrons. The molecule has 1 saturated heterocycles. The van der Waals surface area contributed by atoms with E-state index >= 15 is 0 Å². The van der Waals surface area contributed by atoms with Crippen LogP contribution in [-0.4, -0.2) is 43.6 Å². The van der Waals surface area contributed by atoms with Crippen LogP contribution >= 0.6 is 0 Å². The van der Waals surface area contributed by atoms with Crippen molar-refractivity contribution in [2.24, 2.45) is 17.3 Å². The molecule has 1 aromatic rings. The first kappa shape index (κ1) is 16.3. The number of Topliss-reactive ketones (excluding diaryl/α,β-unsaturated/α-hetero) is 1. The lowest BCUT2D eigenvalue weighted by Gasteiger charge is -2.14. The molecule has 25 heavy (non-hydrogen) atoms. The third kappa shape index (κ3) is 2.38. The fourth-order valence-corrected chi connectivity index (χ4v) is 5.81. The molecule has 0 spiro atoms. The molecule has 1 aromatic carbocycles. The first-order valence-electron chi connectivity index (χ1n) is 8.19. The van der Waals surface area contributed by atoms with E-state index in [0.717, 1.165) is 0 Å². The SMILES string of the molecule is C[C@]12C(=O)c3ccccc3NC(=O)[C@@H]1[C@H]2C(=O)N[C@@H]1CCS(=O)(=O)C1. The summed E-state index contributed by atoms with van der Waals surface area (Å²) in [5.74, 6) is -2.53. The van der Waals surface area contributed by atoms with Gasteiger partial charge in [-0.25, -0.2) is 8.42 Å². The van der Waals surface area contributed by atoms with Gasteiger partial charge in [0.25, 0.3) is 0 Å². The maximum atomic E-state index is 12.9. The third-order valence-corrected chi connectivity index (χ3v) is 7.35. The maximum Gasteiger partial charge on any atom is 0.229 e. The molecule has 0 bridgehead atoms. The van der Waals surface area contributed by atoms with Gasteiger partial charge in [-0.05, 0) is 18.6 Å². The molecule has 7 nitrogen and oxygen atoms in total. The predicted octanol–water partition coefficient (Wildman–Crippen LogP) is 0.377. The molecule has 1 aliphatic carbocycles. The molecule has 8 heteroatoms. The molecule has 2 fully saturated rings. The molecular formula is C17H18N2O5S. The van der Waals surface area contributed by atoms with Gasteiger partial charge in [-0.15, -0.1) is 0 Å². The highest BCUT2D eigenvalue weighted by Crippen LogP contribution is 2.62. The molecule has 0 aromatic heterocycles. The number of hydrogen-bond donors (Lipinski definition) is 2. The van der Waals surface area contributed by atoms with Gasteiger partial charge < -0.3 is 10.6 Å². The second-order valence-electron chi connectivity index (χ2n) is 7.21. The lowest BCUT2D eigenvalue weighted by Crippen LogP contribution is -2.38. The molecule has 0 unspecified atom stereocenters. The number of ketones is 1. The van der Waals surface area contributed by atoms with Gasteiger partial charge in [0.15, 0.2) is 15.6 Å². The standard InChI is InChI=1S/C17H18N2O5S/c1-17-12(15(21)18-9-6-7-25(23,24)8-9)13(17)16(22)19-11-5-3-2-4-10(11)14(17)20/h2-5,9,12-13H,6-8H2,1H3,(H,18,21)(H,19,22)/t9-,12+,13+,17-/m1/s1. The van der Waals surface area contributed by atoms with E-state index in [4.69, 9.17) is 0 Å². The molecule has 2 aliphatic heterocycles. The van der Waals surface area contributed by atoms with E-state index in [2.05, 4.69) is 10.6 Å². The molecule has 4 atom stereocenters. The molecular weight excluding hydrogens is 344 g/mol.